The molecule has 1 amide bonds. The van der Waals surface area contributed by atoms with E-state index in [4.69, 9.17) is 0 Å². The fraction of sp³-hybridized carbons (Fsp3) is 0.400. The van der Waals surface area contributed by atoms with Crippen molar-refractivity contribution in [2.45, 2.75) is 31.2 Å². The minimum absolute atomic E-state index is 0.118. The highest BCUT2D eigenvalue weighted by molar-refractivity contribution is 6.02. The first-order valence-corrected chi connectivity index (χ1v) is 6.48. The Bertz CT molecular complexity index is 582. The number of halogens is 1. The largest absolute Gasteiger partial charge is 0.344 e. The summed E-state index contributed by atoms with van der Waals surface area (Å²) < 4.78 is 13.0. The lowest BCUT2D eigenvalue weighted by Crippen LogP contribution is -2.55. The van der Waals surface area contributed by atoms with Gasteiger partial charge in [-0.2, -0.15) is 0 Å². The minimum atomic E-state index is -0.580. The summed E-state index contributed by atoms with van der Waals surface area (Å²) in [7, 11) is 0. The molecule has 0 aromatic rings. The Morgan fingerprint density at radius 3 is 2.83 bits per heavy atom. The van der Waals surface area contributed by atoms with E-state index >= 15 is 0 Å². The standard InChI is InChI=1S/C15H14FNO/c16-8-15(4-1-5-15)17-14(18)11-3-2-10-12-6-9(12)7-13(10)11/h2-3,7H,1,4-6,8H2,(H,17,18). The topological polar surface area (TPSA) is 29.1 Å². The normalized spacial score (nSPS) is 25.7. The third kappa shape index (κ3) is 1.25. The van der Waals surface area contributed by atoms with Crippen LogP contribution in [0.3, 0.4) is 0 Å². The fourth-order valence-electron chi connectivity index (χ4n) is 3.04. The van der Waals surface area contributed by atoms with Crippen molar-refractivity contribution in [1.82, 2.24) is 5.32 Å². The highest BCUT2D eigenvalue weighted by atomic mass is 19.1. The molecule has 3 heteroatoms. The van der Waals surface area contributed by atoms with Gasteiger partial charge in [-0.1, -0.05) is 6.08 Å². The molecular formula is C15H14FNO. The predicted molar refractivity (Wildman–Crippen MR) is 66.6 cm³/mol. The smallest absolute Gasteiger partial charge is 0.252 e. The van der Waals surface area contributed by atoms with Crippen LogP contribution in [0.2, 0.25) is 0 Å². The minimum Gasteiger partial charge on any atom is -0.344 e. The molecule has 92 valence electrons. The van der Waals surface area contributed by atoms with Gasteiger partial charge in [0.15, 0.2) is 0 Å². The van der Waals surface area contributed by atoms with Crippen LogP contribution in [0.1, 0.15) is 25.7 Å². The summed E-state index contributed by atoms with van der Waals surface area (Å²) >= 11 is 0. The summed E-state index contributed by atoms with van der Waals surface area (Å²) in [6.07, 6.45) is 9.58. The van der Waals surface area contributed by atoms with Crippen molar-refractivity contribution in [3.8, 4) is 0 Å². The molecule has 0 radical (unpaired) electrons. The number of hydrogen-bond donors (Lipinski definition) is 1. The monoisotopic (exact) mass is 243 g/mol. The van der Waals surface area contributed by atoms with Gasteiger partial charge in [0, 0.05) is 5.57 Å². The summed E-state index contributed by atoms with van der Waals surface area (Å²) in [5.41, 5.74) is 5.11. The number of nitrogens with one attached hydrogen (secondary N) is 1. The van der Waals surface area contributed by atoms with Crippen LogP contribution in [-0.4, -0.2) is 18.1 Å². The number of alkyl halides is 1. The van der Waals surface area contributed by atoms with Crippen LogP contribution in [0, 0.1) is 0 Å². The van der Waals surface area contributed by atoms with Crippen molar-refractivity contribution in [2.75, 3.05) is 6.67 Å². The number of fused-ring (bicyclic) bond motifs is 2. The maximum atomic E-state index is 13.0. The Morgan fingerprint density at radius 1 is 1.33 bits per heavy atom. The predicted octanol–water partition coefficient (Wildman–Crippen LogP) is 2.50. The Morgan fingerprint density at radius 2 is 2.17 bits per heavy atom. The summed E-state index contributed by atoms with van der Waals surface area (Å²) in [4.78, 5) is 12.2. The van der Waals surface area contributed by atoms with Crippen molar-refractivity contribution in [3.63, 3.8) is 0 Å². The van der Waals surface area contributed by atoms with Crippen molar-refractivity contribution in [1.29, 1.82) is 0 Å². The highest BCUT2D eigenvalue weighted by Crippen LogP contribution is 2.51. The molecule has 0 heterocycles. The van der Waals surface area contributed by atoms with E-state index in [1.807, 2.05) is 12.2 Å². The van der Waals surface area contributed by atoms with Crippen LogP contribution in [0.15, 0.2) is 46.1 Å². The van der Waals surface area contributed by atoms with Crippen molar-refractivity contribution in [2.24, 2.45) is 0 Å². The SMILES string of the molecule is O=C(NC1(CF)CCC1)C1=C2C=C3CC3=C2C=C1. The molecule has 0 aliphatic heterocycles. The van der Waals surface area contributed by atoms with Crippen LogP contribution < -0.4 is 5.32 Å². The Kier molecular flexibility index (Phi) is 1.84. The number of carbonyl (C=O) groups is 1. The first-order valence-electron chi connectivity index (χ1n) is 6.48. The summed E-state index contributed by atoms with van der Waals surface area (Å²) in [6.45, 7) is -0.458. The molecule has 4 aliphatic rings. The number of hydrogen-bond acceptors (Lipinski definition) is 1. The molecule has 0 bridgehead atoms. The molecule has 2 fully saturated rings. The summed E-state index contributed by atoms with van der Waals surface area (Å²) in [5.74, 6) is -0.118. The van der Waals surface area contributed by atoms with Crippen LogP contribution in [0.25, 0.3) is 0 Å². The van der Waals surface area contributed by atoms with Gasteiger partial charge in [-0.25, -0.2) is 4.39 Å². The average Bonchev–Trinajstić information content (AvgIpc) is 2.81. The van der Waals surface area contributed by atoms with E-state index in [0.29, 0.717) is 5.57 Å². The molecule has 2 nitrogen and oxygen atoms in total. The molecule has 0 spiro atoms. The van der Waals surface area contributed by atoms with Gasteiger partial charge in [-0.15, -0.1) is 0 Å². The van der Waals surface area contributed by atoms with Gasteiger partial charge in [0.05, 0.1) is 5.54 Å². The van der Waals surface area contributed by atoms with Crippen molar-refractivity contribution in [3.05, 3.63) is 46.1 Å². The van der Waals surface area contributed by atoms with Gasteiger partial charge in [0.1, 0.15) is 6.67 Å². The van der Waals surface area contributed by atoms with E-state index in [9.17, 15) is 9.18 Å². The van der Waals surface area contributed by atoms with Gasteiger partial charge >= 0.3 is 0 Å². The maximum Gasteiger partial charge on any atom is 0.252 e. The zero-order valence-corrected chi connectivity index (χ0v) is 10.1. The molecule has 0 unspecified atom stereocenters. The van der Waals surface area contributed by atoms with Gasteiger partial charge in [-0.05, 0) is 60.1 Å². The lowest BCUT2D eigenvalue weighted by atomic mass is 9.77. The van der Waals surface area contributed by atoms with Gasteiger partial charge in [0.25, 0.3) is 5.91 Å². The van der Waals surface area contributed by atoms with Gasteiger partial charge in [-0.3, -0.25) is 4.79 Å². The van der Waals surface area contributed by atoms with Crippen LogP contribution in [0.4, 0.5) is 4.39 Å². The van der Waals surface area contributed by atoms with E-state index < -0.39 is 12.2 Å². The van der Waals surface area contributed by atoms with E-state index in [1.54, 1.807) is 0 Å². The summed E-state index contributed by atoms with van der Waals surface area (Å²) in [6, 6.07) is 0. The van der Waals surface area contributed by atoms with E-state index in [1.165, 1.54) is 16.7 Å². The number of allylic oxidation sites excluding steroid dienone is 6. The molecule has 0 atom stereocenters. The Labute approximate surface area is 105 Å². The van der Waals surface area contributed by atoms with Crippen LogP contribution in [0.5, 0.6) is 0 Å². The molecule has 0 aromatic carbocycles. The second-order valence-electron chi connectivity index (χ2n) is 5.62. The zero-order chi connectivity index (χ0) is 12.3. The van der Waals surface area contributed by atoms with E-state index in [-0.39, 0.29) is 5.91 Å². The van der Waals surface area contributed by atoms with Crippen molar-refractivity contribution < 1.29 is 9.18 Å². The van der Waals surface area contributed by atoms with Gasteiger partial charge in [0.2, 0.25) is 0 Å². The molecule has 4 aliphatic carbocycles. The number of carbonyl (C=O) groups excluding carboxylic acids is 1. The molecule has 0 aromatic heterocycles. The molecule has 2 saturated carbocycles. The third-order valence-electron chi connectivity index (χ3n) is 4.46. The first kappa shape index (κ1) is 10.3. The molecular weight excluding hydrogens is 229 g/mol. The first-order chi connectivity index (χ1) is 8.72. The fourth-order valence-corrected chi connectivity index (χ4v) is 3.04. The highest BCUT2D eigenvalue weighted by Gasteiger charge is 2.41. The Balaban J connectivity index is 1.60. The molecule has 1 N–H and O–H groups in total. The van der Waals surface area contributed by atoms with Gasteiger partial charge < -0.3 is 5.32 Å². The van der Waals surface area contributed by atoms with Crippen LogP contribution in [-0.2, 0) is 4.79 Å². The number of amides is 1. The third-order valence-corrected chi connectivity index (χ3v) is 4.46. The second kappa shape index (κ2) is 3.22. The molecule has 0 saturated heterocycles. The van der Waals surface area contributed by atoms with Crippen LogP contribution >= 0.6 is 0 Å². The lowest BCUT2D eigenvalue weighted by Gasteiger charge is -2.40. The second-order valence-corrected chi connectivity index (χ2v) is 5.62. The molecule has 4 rings (SSSR count). The zero-order valence-electron chi connectivity index (χ0n) is 10.1. The molecule has 18 heavy (non-hydrogen) atoms. The van der Waals surface area contributed by atoms with E-state index in [0.717, 1.165) is 31.3 Å². The summed E-state index contributed by atoms with van der Waals surface area (Å²) in [5, 5.41) is 2.89. The van der Waals surface area contributed by atoms with Crippen molar-refractivity contribution >= 4 is 5.91 Å². The quantitative estimate of drug-likeness (QED) is 0.810. The average molecular weight is 243 g/mol. The lowest BCUT2D eigenvalue weighted by molar-refractivity contribution is -0.120. The maximum absolute atomic E-state index is 13.0. The van der Waals surface area contributed by atoms with E-state index in [2.05, 4.69) is 11.4 Å². The Hall–Kier alpha value is -1.64. The number of rotatable bonds is 3.